The first-order chi connectivity index (χ1) is 10.9. The first-order valence-electron chi connectivity index (χ1n) is 6.53. The number of hydrogen-bond donors (Lipinski definition) is 1. The molecule has 0 spiro atoms. The minimum atomic E-state index is -0.482. The fourth-order valence-electron chi connectivity index (χ4n) is 1.87. The van der Waals surface area contributed by atoms with Crippen LogP contribution in [0.2, 0.25) is 5.15 Å². The molecule has 2 aromatic heterocycles. The lowest BCUT2D eigenvalue weighted by Crippen LogP contribution is -2.21. The first-order valence-corrected chi connectivity index (χ1v) is 7.73. The molecule has 0 aliphatic rings. The summed E-state index contributed by atoms with van der Waals surface area (Å²) in [6.45, 7) is 1.68. The largest absolute Gasteiger partial charge is 0.344 e. The van der Waals surface area contributed by atoms with E-state index in [0.29, 0.717) is 15.4 Å². The summed E-state index contributed by atoms with van der Waals surface area (Å²) in [5, 5.41) is 12.3. The number of hydrogen-bond acceptors (Lipinski definition) is 5. The normalized spacial score (nSPS) is 10.0. The molecule has 0 aromatic carbocycles. The lowest BCUT2D eigenvalue weighted by Gasteiger charge is -2.08. The van der Waals surface area contributed by atoms with Crippen LogP contribution in [-0.2, 0) is 0 Å². The fourth-order valence-corrected chi connectivity index (χ4v) is 3.25. The summed E-state index contributed by atoms with van der Waals surface area (Å²) < 4.78 is 0. The van der Waals surface area contributed by atoms with Crippen LogP contribution in [0.4, 0.5) is 5.00 Å². The molecular weight excluding hydrogens is 336 g/mol. The summed E-state index contributed by atoms with van der Waals surface area (Å²) in [6, 6.07) is 5.15. The fraction of sp³-hybridized carbons (Fsp3) is 0.200. The van der Waals surface area contributed by atoms with E-state index in [-0.39, 0.29) is 22.2 Å². The van der Waals surface area contributed by atoms with Gasteiger partial charge in [0.25, 0.3) is 11.8 Å². The van der Waals surface area contributed by atoms with Gasteiger partial charge in [0.1, 0.15) is 16.2 Å². The summed E-state index contributed by atoms with van der Waals surface area (Å²) in [4.78, 5) is 30.1. The lowest BCUT2D eigenvalue weighted by atomic mass is 10.1. The van der Waals surface area contributed by atoms with Crippen LogP contribution in [0.15, 0.2) is 18.3 Å². The summed E-state index contributed by atoms with van der Waals surface area (Å²) in [7, 11) is 3.25. The number of anilines is 1. The summed E-state index contributed by atoms with van der Waals surface area (Å²) >= 11 is 6.96. The van der Waals surface area contributed by atoms with Gasteiger partial charge in [-0.25, -0.2) is 4.98 Å². The highest BCUT2D eigenvalue weighted by Crippen LogP contribution is 2.33. The van der Waals surface area contributed by atoms with Crippen molar-refractivity contribution in [3.8, 4) is 6.07 Å². The zero-order valence-corrected chi connectivity index (χ0v) is 14.2. The highest BCUT2D eigenvalue weighted by Gasteiger charge is 2.23. The molecule has 0 atom stereocenters. The van der Waals surface area contributed by atoms with Gasteiger partial charge in [-0.3, -0.25) is 9.59 Å². The van der Waals surface area contributed by atoms with Crippen molar-refractivity contribution < 1.29 is 9.59 Å². The van der Waals surface area contributed by atoms with E-state index < -0.39 is 5.91 Å². The Labute approximate surface area is 142 Å². The Morgan fingerprint density at radius 1 is 1.43 bits per heavy atom. The van der Waals surface area contributed by atoms with Crippen molar-refractivity contribution in [2.24, 2.45) is 0 Å². The number of pyridine rings is 1. The van der Waals surface area contributed by atoms with E-state index >= 15 is 0 Å². The van der Waals surface area contributed by atoms with Crippen LogP contribution in [0.1, 0.15) is 31.2 Å². The van der Waals surface area contributed by atoms with Crippen molar-refractivity contribution in [3.05, 3.63) is 45.1 Å². The van der Waals surface area contributed by atoms with Crippen molar-refractivity contribution in [2.75, 3.05) is 19.4 Å². The number of thiophene rings is 1. The van der Waals surface area contributed by atoms with Crippen LogP contribution in [0.3, 0.4) is 0 Å². The predicted molar refractivity (Wildman–Crippen MR) is 89.0 cm³/mol. The van der Waals surface area contributed by atoms with E-state index in [1.807, 2.05) is 6.07 Å². The number of nitrogens with one attached hydrogen (secondary N) is 1. The summed E-state index contributed by atoms with van der Waals surface area (Å²) in [6.07, 6.45) is 1.48. The molecule has 8 heteroatoms. The molecule has 0 aliphatic heterocycles. The van der Waals surface area contributed by atoms with Crippen molar-refractivity contribution in [1.82, 2.24) is 9.88 Å². The smallest absolute Gasteiger partial charge is 0.263 e. The summed E-state index contributed by atoms with van der Waals surface area (Å²) in [5.74, 6) is -0.700. The molecule has 23 heavy (non-hydrogen) atoms. The average molecular weight is 349 g/mol. The summed E-state index contributed by atoms with van der Waals surface area (Å²) in [5.41, 5.74) is 1.02. The van der Waals surface area contributed by atoms with Gasteiger partial charge < -0.3 is 10.2 Å². The quantitative estimate of drug-likeness (QED) is 0.864. The molecule has 0 fully saturated rings. The molecule has 0 bridgehead atoms. The van der Waals surface area contributed by atoms with Gasteiger partial charge in [-0.1, -0.05) is 11.6 Å². The Bertz CT molecular complexity index is 823. The average Bonchev–Trinajstić information content (AvgIpc) is 2.82. The van der Waals surface area contributed by atoms with E-state index in [0.717, 1.165) is 11.3 Å². The van der Waals surface area contributed by atoms with E-state index in [1.165, 1.54) is 17.2 Å². The van der Waals surface area contributed by atoms with E-state index in [9.17, 15) is 14.9 Å². The maximum Gasteiger partial charge on any atom is 0.263 e. The number of carbonyl (C=O) groups excluding carboxylic acids is 2. The van der Waals surface area contributed by atoms with Gasteiger partial charge in [-0.05, 0) is 24.6 Å². The Balaban J connectivity index is 2.39. The molecule has 0 saturated carbocycles. The van der Waals surface area contributed by atoms with Crippen LogP contribution in [-0.4, -0.2) is 35.8 Å². The number of aromatic nitrogens is 1. The van der Waals surface area contributed by atoms with E-state index in [2.05, 4.69) is 10.3 Å². The second-order valence-corrected chi connectivity index (χ2v) is 6.25. The molecular formula is C15H13ClN4O2S. The number of nitriles is 1. The molecule has 2 aromatic rings. The molecule has 2 amide bonds. The van der Waals surface area contributed by atoms with Gasteiger partial charge in [0, 0.05) is 20.3 Å². The third kappa shape index (κ3) is 3.33. The van der Waals surface area contributed by atoms with Gasteiger partial charge in [0.05, 0.1) is 16.0 Å². The minimum absolute atomic E-state index is 0.0707. The number of halogens is 1. The molecule has 2 rings (SSSR count). The zero-order valence-electron chi connectivity index (χ0n) is 12.7. The maximum absolute atomic E-state index is 12.3. The van der Waals surface area contributed by atoms with Gasteiger partial charge in [-0.2, -0.15) is 5.26 Å². The molecule has 118 valence electrons. The number of carbonyl (C=O) groups is 2. The van der Waals surface area contributed by atoms with Crippen molar-refractivity contribution in [2.45, 2.75) is 6.92 Å². The topological polar surface area (TPSA) is 86.1 Å². The molecule has 0 radical (unpaired) electrons. The van der Waals surface area contributed by atoms with Crippen LogP contribution >= 0.6 is 22.9 Å². The standard InChI is InChI=1S/C15H13ClN4O2S/c1-8-10(7-17)14(23-11(8)15(22)20(2)3)19-13(21)9-5-4-6-18-12(9)16/h4-6H,1-3H3,(H,19,21). The molecule has 1 N–H and O–H groups in total. The van der Waals surface area contributed by atoms with Crippen molar-refractivity contribution in [3.63, 3.8) is 0 Å². The molecule has 0 unspecified atom stereocenters. The second-order valence-electron chi connectivity index (χ2n) is 4.87. The van der Waals surface area contributed by atoms with E-state index in [4.69, 9.17) is 11.6 Å². The Morgan fingerprint density at radius 3 is 2.70 bits per heavy atom. The van der Waals surface area contributed by atoms with Crippen LogP contribution in [0, 0.1) is 18.3 Å². The third-order valence-electron chi connectivity index (χ3n) is 3.09. The molecule has 2 heterocycles. The number of amides is 2. The Morgan fingerprint density at radius 2 is 2.13 bits per heavy atom. The third-order valence-corrected chi connectivity index (χ3v) is 4.59. The lowest BCUT2D eigenvalue weighted by molar-refractivity contribution is 0.0831. The number of rotatable bonds is 3. The van der Waals surface area contributed by atoms with Gasteiger partial charge in [0.2, 0.25) is 0 Å². The minimum Gasteiger partial charge on any atom is -0.344 e. The SMILES string of the molecule is Cc1c(C(=O)N(C)C)sc(NC(=O)c2cccnc2Cl)c1C#N. The maximum atomic E-state index is 12.3. The van der Waals surface area contributed by atoms with Crippen LogP contribution in [0.5, 0.6) is 0 Å². The Kier molecular flexibility index (Phi) is 4.98. The van der Waals surface area contributed by atoms with Gasteiger partial charge in [0.15, 0.2) is 0 Å². The second kappa shape index (κ2) is 6.77. The van der Waals surface area contributed by atoms with Gasteiger partial charge in [-0.15, -0.1) is 11.3 Å². The van der Waals surface area contributed by atoms with Crippen molar-refractivity contribution >= 4 is 39.8 Å². The molecule has 0 saturated heterocycles. The van der Waals surface area contributed by atoms with Crippen LogP contribution < -0.4 is 5.32 Å². The highest BCUT2D eigenvalue weighted by atomic mass is 35.5. The zero-order chi connectivity index (χ0) is 17.1. The first kappa shape index (κ1) is 16.9. The molecule has 0 aliphatic carbocycles. The Hall–Kier alpha value is -2.43. The van der Waals surface area contributed by atoms with Crippen LogP contribution in [0.25, 0.3) is 0 Å². The van der Waals surface area contributed by atoms with Gasteiger partial charge >= 0.3 is 0 Å². The predicted octanol–water partition coefficient (Wildman–Crippen LogP) is 2.93. The van der Waals surface area contributed by atoms with Crippen molar-refractivity contribution in [1.29, 1.82) is 5.26 Å². The number of nitrogens with zero attached hydrogens (tertiary/aromatic N) is 3. The monoisotopic (exact) mass is 348 g/mol. The highest BCUT2D eigenvalue weighted by molar-refractivity contribution is 7.18. The molecule has 6 nitrogen and oxygen atoms in total. The van der Waals surface area contributed by atoms with E-state index in [1.54, 1.807) is 27.1 Å².